The van der Waals surface area contributed by atoms with Gasteiger partial charge >= 0.3 is 0 Å². The smallest absolute Gasteiger partial charge is 0.173 e. The van der Waals surface area contributed by atoms with Crippen LogP contribution in [0.4, 0.5) is 10.1 Å². The van der Waals surface area contributed by atoms with E-state index >= 15 is 0 Å². The predicted octanol–water partition coefficient (Wildman–Crippen LogP) is 4.62. The lowest BCUT2D eigenvalue weighted by atomic mass is 10.1. The molecule has 3 aromatic rings. The maximum atomic E-state index is 13.1. The molecular weight excluding hydrogens is 359 g/mol. The van der Waals surface area contributed by atoms with Crippen LogP contribution in [0.1, 0.15) is 17.5 Å². The van der Waals surface area contributed by atoms with E-state index in [2.05, 4.69) is 51.0 Å². The Kier molecular flexibility index (Phi) is 6.54. The fraction of sp³-hybridized carbons (Fsp3) is 0.238. The molecule has 0 spiro atoms. The topological polar surface area (TPSA) is 33.1 Å². The van der Waals surface area contributed by atoms with Crippen molar-refractivity contribution in [3.8, 4) is 0 Å². The molecule has 140 valence electrons. The van der Waals surface area contributed by atoms with Crippen LogP contribution < -0.4 is 5.32 Å². The summed E-state index contributed by atoms with van der Waals surface area (Å²) >= 11 is 5.63. The Morgan fingerprint density at radius 1 is 1.15 bits per heavy atom. The number of thiocarbonyl (C=S) groups is 1. The molecule has 3 rings (SSSR count). The number of nitrogens with zero attached hydrogens (tertiary/aromatic N) is 3. The predicted molar refractivity (Wildman–Crippen MR) is 111 cm³/mol. The van der Waals surface area contributed by atoms with Gasteiger partial charge in [-0.1, -0.05) is 29.8 Å². The highest BCUT2D eigenvalue weighted by atomic mass is 32.1. The van der Waals surface area contributed by atoms with Crippen LogP contribution in [-0.2, 0) is 13.1 Å². The largest absolute Gasteiger partial charge is 0.345 e. The number of hydrogen-bond donors (Lipinski definition) is 1. The Balaban J connectivity index is 1.65. The van der Waals surface area contributed by atoms with E-state index in [0.717, 1.165) is 31.7 Å². The highest BCUT2D eigenvalue weighted by molar-refractivity contribution is 7.80. The molecule has 0 unspecified atom stereocenters. The van der Waals surface area contributed by atoms with Gasteiger partial charge < -0.3 is 14.8 Å². The van der Waals surface area contributed by atoms with Crippen LogP contribution in [0, 0.1) is 12.7 Å². The molecule has 27 heavy (non-hydrogen) atoms. The lowest BCUT2D eigenvalue weighted by Gasteiger charge is -2.26. The van der Waals surface area contributed by atoms with E-state index in [9.17, 15) is 4.39 Å². The van der Waals surface area contributed by atoms with Crippen molar-refractivity contribution in [3.63, 3.8) is 0 Å². The van der Waals surface area contributed by atoms with Crippen LogP contribution in [0.5, 0.6) is 0 Å². The van der Waals surface area contributed by atoms with Gasteiger partial charge in [0.25, 0.3) is 0 Å². The van der Waals surface area contributed by atoms with Crippen molar-refractivity contribution in [1.82, 2.24) is 14.5 Å². The first-order valence-corrected chi connectivity index (χ1v) is 9.34. The third kappa shape index (κ3) is 5.89. The highest BCUT2D eigenvalue weighted by Crippen LogP contribution is 2.13. The van der Waals surface area contributed by atoms with Gasteiger partial charge in [-0.05, 0) is 55.4 Å². The van der Waals surface area contributed by atoms with Crippen LogP contribution in [0.25, 0.3) is 0 Å². The normalized spacial score (nSPS) is 10.6. The number of halogens is 1. The van der Waals surface area contributed by atoms with Crippen molar-refractivity contribution in [2.75, 3.05) is 11.9 Å². The Morgan fingerprint density at radius 3 is 2.56 bits per heavy atom. The average Bonchev–Trinajstić information content (AvgIpc) is 3.18. The van der Waals surface area contributed by atoms with Crippen LogP contribution in [-0.4, -0.2) is 26.1 Å². The van der Waals surface area contributed by atoms with Gasteiger partial charge in [0.05, 0.1) is 6.33 Å². The molecule has 0 atom stereocenters. The van der Waals surface area contributed by atoms with E-state index in [-0.39, 0.29) is 5.82 Å². The van der Waals surface area contributed by atoms with Gasteiger partial charge in [-0.15, -0.1) is 0 Å². The van der Waals surface area contributed by atoms with Crippen molar-refractivity contribution in [1.29, 1.82) is 0 Å². The molecule has 0 aliphatic rings. The maximum Gasteiger partial charge on any atom is 0.173 e. The average molecular weight is 383 g/mol. The fourth-order valence-electron chi connectivity index (χ4n) is 2.77. The molecule has 1 N–H and O–H groups in total. The molecule has 0 fully saturated rings. The molecular formula is C21H23FN4S. The third-order valence-corrected chi connectivity index (χ3v) is 4.64. The van der Waals surface area contributed by atoms with Gasteiger partial charge in [0, 0.05) is 37.7 Å². The summed E-state index contributed by atoms with van der Waals surface area (Å²) in [5.41, 5.74) is 3.22. The van der Waals surface area contributed by atoms with Crippen LogP contribution in [0.2, 0.25) is 0 Å². The summed E-state index contributed by atoms with van der Waals surface area (Å²) < 4.78 is 15.2. The zero-order chi connectivity index (χ0) is 19.1. The van der Waals surface area contributed by atoms with E-state index in [1.807, 2.05) is 12.5 Å². The number of aromatic nitrogens is 2. The number of rotatable bonds is 7. The molecule has 0 bridgehead atoms. The molecule has 0 saturated carbocycles. The summed E-state index contributed by atoms with van der Waals surface area (Å²) in [7, 11) is 0. The molecule has 0 radical (unpaired) electrons. The second-order valence-corrected chi connectivity index (χ2v) is 6.88. The van der Waals surface area contributed by atoms with Crippen LogP contribution >= 0.6 is 12.2 Å². The van der Waals surface area contributed by atoms with Crippen molar-refractivity contribution in [2.24, 2.45) is 0 Å². The SMILES string of the molecule is Cc1ccc(CN(CCCn2ccnc2)C(=S)Nc2ccc(F)cc2)cc1. The molecule has 0 saturated heterocycles. The molecule has 1 heterocycles. The third-order valence-electron chi connectivity index (χ3n) is 4.28. The van der Waals surface area contributed by atoms with Crippen LogP contribution in [0.3, 0.4) is 0 Å². The highest BCUT2D eigenvalue weighted by Gasteiger charge is 2.11. The molecule has 4 nitrogen and oxygen atoms in total. The van der Waals surface area contributed by atoms with Gasteiger partial charge in [0.15, 0.2) is 5.11 Å². The van der Waals surface area contributed by atoms with Crippen molar-refractivity contribution < 1.29 is 4.39 Å². The first kappa shape index (κ1) is 19.0. The minimum Gasteiger partial charge on any atom is -0.345 e. The van der Waals surface area contributed by atoms with E-state index in [1.54, 1.807) is 18.3 Å². The molecule has 0 aliphatic heterocycles. The summed E-state index contributed by atoms with van der Waals surface area (Å²) in [6.07, 6.45) is 6.50. The lowest BCUT2D eigenvalue weighted by Crippen LogP contribution is -2.35. The molecule has 0 amide bonds. The number of aryl methyl sites for hydroxylation is 2. The fourth-order valence-corrected chi connectivity index (χ4v) is 3.04. The van der Waals surface area contributed by atoms with E-state index in [0.29, 0.717) is 5.11 Å². The van der Waals surface area contributed by atoms with E-state index in [4.69, 9.17) is 12.2 Å². The van der Waals surface area contributed by atoms with Gasteiger partial charge in [-0.25, -0.2) is 9.37 Å². The van der Waals surface area contributed by atoms with Crippen LogP contribution in [0.15, 0.2) is 67.3 Å². The van der Waals surface area contributed by atoms with Gasteiger partial charge in [0.1, 0.15) is 5.82 Å². The molecule has 0 aliphatic carbocycles. The van der Waals surface area contributed by atoms with Crippen molar-refractivity contribution in [2.45, 2.75) is 26.4 Å². The monoisotopic (exact) mass is 382 g/mol. The number of nitrogens with one attached hydrogen (secondary N) is 1. The van der Waals surface area contributed by atoms with E-state index in [1.165, 1.54) is 23.3 Å². The minimum atomic E-state index is -0.261. The zero-order valence-electron chi connectivity index (χ0n) is 15.3. The molecule has 1 aromatic heterocycles. The Hall–Kier alpha value is -2.73. The van der Waals surface area contributed by atoms with Gasteiger partial charge in [-0.3, -0.25) is 0 Å². The summed E-state index contributed by atoms with van der Waals surface area (Å²) in [6.45, 7) is 4.48. The summed E-state index contributed by atoms with van der Waals surface area (Å²) in [6, 6.07) is 14.7. The summed E-state index contributed by atoms with van der Waals surface area (Å²) in [4.78, 5) is 6.21. The van der Waals surface area contributed by atoms with Gasteiger partial charge in [0.2, 0.25) is 0 Å². The van der Waals surface area contributed by atoms with Crippen molar-refractivity contribution in [3.05, 3.63) is 84.2 Å². The number of hydrogen-bond acceptors (Lipinski definition) is 2. The van der Waals surface area contributed by atoms with E-state index < -0.39 is 0 Å². The van der Waals surface area contributed by atoms with Crippen molar-refractivity contribution >= 4 is 23.0 Å². The number of imidazole rings is 1. The number of anilines is 1. The molecule has 6 heteroatoms. The van der Waals surface area contributed by atoms with Gasteiger partial charge in [-0.2, -0.15) is 0 Å². The maximum absolute atomic E-state index is 13.1. The quantitative estimate of drug-likeness (QED) is 0.605. The Bertz CT molecular complexity index is 845. The second-order valence-electron chi connectivity index (χ2n) is 6.50. The minimum absolute atomic E-state index is 0.261. The number of benzene rings is 2. The summed E-state index contributed by atoms with van der Waals surface area (Å²) in [5.74, 6) is -0.261. The molecule has 2 aromatic carbocycles. The lowest BCUT2D eigenvalue weighted by molar-refractivity contribution is 0.396. The Labute approximate surface area is 164 Å². The first-order chi connectivity index (χ1) is 13.1. The standard InChI is InChI=1S/C21H23FN4S/c1-17-3-5-18(6-4-17)15-26(13-2-12-25-14-11-23-16-25)21(27)24-20-9-7-19(22)8-10-20/h3-11,14,16H,2,12-13,15H2,1H3,(H,24,27). The summed E-state index contributed by atoms with van der Waals surface area (Å²) in [5, 5.41) is 3.85. The second kappa shape index (κ2) is 9.28. The Morgan fingerprint density at radius 2 is 1.89 bits per heavy atom. The zero-order valence-corrected chi connectivity index (χ0v) is 16.1. The first-order valence-electron chi connectivity index (χ1n) is 8.93.